The van der Waals surface area contributed by atoms with E-state index in [9.17, 15) is 27.9 Å². The third kappa shape index (κ3) is 7.08. The van der Waals surface area contributed by atoms with Crippen molar-refractivity contribution in [3.05, 3.63) is 75.8 Å². The number of rotatable bonds is 4. The summed E-state index contributed by atoms with van der Waals surface area (Å²) < 4.78 is 42.7. The molecule has 0 aromatic heterocycles. The van der Waals surface area contributed by atoms with E-state index in [4.69, 9.17) is 33.0 Å². The summed E-state index contributed by atoms with van der Waals surface area (Å²) >= 11 is 12.0. The van der Waals surface area contributed by atoms with Gasteiger partial charge in [-0.15, -0.1) is 0 Å². The summed E-state index contributed by atoms with van der Waals surface area (Å²) in [5.41, 5.74) is 2.11. The van der Waals surface area contributed by atoms with Crippen LogP contribution in [0.3, 0.4) is 0 Å². The molecule has 3 aromatic rings. The largest absolute Gasteiger partial charge is 0.508 e. The highest BCUT2D eigenvalue weighted by molar-refractivity contribution is 6.33. The zero-order valence-corrected chi connectivity index (χ0v) is 21.2. The highest BCUT2D eigenvalue weighted by atomic mass is 35.5. The molecular formula is C26H22Cl2F3NO5. The molecule has 37 heavy (non-hydrogen) atoms. The van der Waals surface area contributed by atoms with E-state index in [1.165, 1.54) is 48.2 Å². The van der Waals surface area contributed by atoms with E-state index < -0.39 is 24.5 Å². The predicted octanol–water partition coefficient (Wildman–Crippen LogP) is 7.16. The van der Waals surface area contributed by atoms with Gasteiger partial charge in [0.2, 0.25) is 0 Å². The van der Waals surface area contributed by atoms with E-state index in [0.29, 0.717) is 28.1 Å². The van der Waals surface area contributed by atoms with Gasteiger partial charge >= 0.3 is 12.1 Å². The van der Waals surface area contributed by atoms with Crippen LogP contribution in [0.1, 0.15) is 35.2 Å². The highest BCUT2D eigenvalue weighted by Gasteiger charge is 2.31. The minimum atomic E-state index is -4.27. The number of fused-ring (bicyclic) bond motifs is 1. The van der Waals surface area contributed by atoms with Crippen molar-refractivity contribution in [3.8, 4) is 22.6 Å². The second-order valence-electron chi connectivity index (χ2n) is 8.35. The van der Waals surface area contributed by atoms with E-state index in [-0.39, 0.29) is 33.9 Å². The van der Waals surface area contributed by atoms with Gasteiger partial charge in [0.25, 0.3) is 5.91 Å². The van der Waals surface area contributed by atoms with Gasteiger partial charge in [-0.25, -0.2) is 4.79 Å². The molecule has 3 aromatic carbocycles. The average molecular weight is 556 g/mol. The fourth-order valence-corrected chi connectivity index (χ4v) is 4.26. The first kappa shape index (κ1) is 28.1. The van der Waals surface area contributed by atoms with E-state index in [2.05, 4.69) is 0 Å². The molecule has 1 atom stereocenters. The van der Waals surface area contributed by atoms with Crippen molar-refractivity contribution in [3.63, 3.8) is 0 Å². The molecule has 0 saturated heterocycles. The summed E-state index contributed by atoms with van der Waals surface area (Å²) in [7, 11) is 1.66. The number of nitrogens with zero attached hydrogens (tertiary/aromatic N) is 1. The first-order chi connectivity index (χ1) is 17.3. The number of anilines is 1. The number of ether oxygens (including phenoxy) is 1. The summed E-state index contributed by atoms with van der Waals surface area (Å²) in [6.45, 7) is 1.52. The number of carbonyl (C=O) groups is 2. The van der Waals surface area contributed by atoms with Crippen molar-refractivity contribution in [2.45, 2.75) is 25.4 Å². The number of amides is 1. The number of phenolic OH excluding ortho intramolecular Hbond substituents is 1. The molecule has 0 spiro atoms. The fourth-order valence-electron chi connectivity index (χ4n) is 3.69. The smallest absolute Gasteiger partial charge is 0.389 e. The lowest BCUT2D eigenvalue weighted by atomic mass is 9.94. The fraction of sp³-hybridized carbons (Fsp3) is 0.231. The minimum Gasteiger partial charge on any atom is -0.508 e. The average Bonchev–Trinajstić information content (AvgIpc) is 2.81. The Labute approximate surface area is 220 Å². The molecule has 196 valence electrons. The molecule has 1 heterocycles. The Balaban J connectivity index is 0.000000244. The van der Waals surface area contributed by atoms with Gasteiger partial charge in [-0.2, -0.15) is 13.2 Å². The molecule has 0 bridgehead atoms. The molecule has 0 radical (unpaired) electrons. The van der Waals surface area contributed by atoms with E-state index in [1.807, 2.05) is 0 Å². The number of carboxylic acid groups (broad SMARTS) is 1. The van der Waals surface area contributed by atoms with Crippen molar-refractivity contribution in [2.24, 2.45) is 0 Å². The summed E-state index contributed by atoms with van der Waals surface area (Å²) in [5.74, 6) is -1.29. The molecule has 11 heteroatoms. The number of hydrogen-bond acceptors (Lipinski definition) is 4. The first-order valence-electron chi connectivity index (χ1n) is 10.9. The Kier molecular flexibility index (Phi) is 8.60. The molecular weight excluding hydrogens is 534 g/mol. The predicted molar refractivity (Wildman–Crippen MR) is 135 cm³/mol. The molecule has 1 aliphatic heterocycles. The second-order valence-corrected chi connectivity index (χ2v) is 9.16. The summed E-state index contributed by atoms with van der Waals surface area (Å²) in [6.07, 6.45) is -5.23. The monoisotopic (exact) mass is 555 g/mol. The number of aromatic carboxylic acids is 1. The van der Waals surface area contributed by atoms with Crippen LogP contribution in [-0.2, 0) is 4.79 Å². The lowest BCUT2D eigenvalue weighted by Crippen LogP contribution is -2.35. The van der Waals surface area contributed by atoms with Crippen molar-refractivity contribution in [1.29, 1.82) is 0 Å². The molecule has 0 fully saturated rings. The molecule has 2 N–H and O–H groups in total. The van der Waals surface area contributed by atoms with Crippen LogP contribution in [0.2, 0.25) is 10.0 Å². The topological polar surface area (TPSA) is 87.1 Å². The van der Waals surface area contributed by atoms with E-state index >= 15 is 0 Å². The molecule has 0 saturated carbocycles. The van der Waals surface area contributed by atoms with Crippen LogP contribution in [0, 0.1) is 0 Å². The van der Waals surface area contributed by atoms with Crippen molar-refractivity contribution in [1.82, 2.24) is 0 Å². The lowest BCUT2D eigenvalue weighted by molar-refractivity contribution is -0.137. The Morgan fingerprint density at radius 1 is 1.05 bits per heavy atom. The molecule has 4 rings (SSSR count). The number of halogens is 5. The Bertz CT molecular complexity index is 1330. The van der Waals surface area contributed by atoms with Crippen molar-refractivity contribution < 1.29 is 37.7 Å². The van der Waals surface area contributed by atoms with Gasteiger partial charge in [0.15, 0.2) is 6.61 Å². The van der Waals surface area contributed by atoms with Crippen LogP contribution in [0.4, 0.5) is 18.9 Å². The summed E-state index contributed by atoms with van der Waals surface area (Å²) in [4.78, 5) is 23.8. The zero-order chi connectivity index (χ0) is 27.5. The SMILES string of the molecule is CN1C(=O)COc2ccc(O)cc21.C[C@H](CC(F)(F)F)c1ccc(-c2ccc(Cl)c(C(=O)O)c2)cc1Cl. The normalized spacial score (nSPS) is 13.7. The lowest BCUT2D eigenvalue weighted by Gasteiger charge is -2.25. The van der Waals surface area contributed by atoms with Crippen LogP contribution in [0.15, 0.2) is 54.6 Å². The quantitative estimate of drug-likeness (QED) is 0.356. The molecule has 1 aliphatic rings. The van der Waals surface area contributed by atoms with Gasteiger partial charge in [-0.1, -0.05) is 48.3 Å². The number of phenols is 1. The number of carboxylic acids is 1. The molecule has 6 nitrogen and oxygen atoms in total. The van der Waals surface area contributed by atoms with Crippen molar-refractivity contribution in [2.75, 3.05) is 18.6 Å². The zero-order valence-electron chi connectivity index (χ0n) is 19.6. The maximum atomic E-state index is 12.5. The molecule has 1 amide bonds. The number of hydrogen-bond donors (Lipinski definition) is 2. The summed E-state index contributed by atoms with van der Waals surface area (Å²) in [5, 5.41) is 18.6. The standard InChI is InChI=1S/C17H13Cl2F3O2.C9H9NO3/c1-9(8-17(20,21)22)12-4-2-11(7-15(12)19)10-3-5-14(18)13(6-10)16(23)24;1-10-7-4-6(11)2-3-8(7)13-5-9(10)12/h2-7,9H,8H2,1H3,(H,23,24);2-4,11H,5H2,1H3/t9-;/m1./s1. The van der Waals surface area contributed by atoms with Crippen LogP contribution in [0.25, 0.3) is 11.1 Å². The number of likely N-dealkylation sites (N-methyl/N-ethyl adjacent to an activating group) is 1. The Morgan fingerprint density at radius 3 is 2.32 bits per heavy atom. The van der Waals surface area contributed by atoms with Crippen molar-refractivity contribution >= 4 is 40.8 Å². The number of aromatic hydroxyl groups is 1. The van der Waals surface area contributed by atoms with Gasteiger partial charge in [0, 0.05) is 18.1 Å². The van der Waals surface area contributed by atoms with Gasteiger partial charge in [0.05, 0.1) is 22.7 Å². The van der Waals surface area contributed by atoms with E-state index in [0.717, 1.165) is 0 Å². The second kappa shape index (κ2) is 11.3. The van der Waals surface area contributed by atoms with Gasteiger partial charge in [-0.05, 0) is 52.9 Å². The third-order valence-electron chi connectivity index (χ3n) is 5.63. The van der Waals surface area contributed by atoms with Gasteiger partial charge in [0.1, 0.15) is 11.5 Å². The minimum absolute atomic E-state index is 0.0557. The number of alkyl halides is 3. The molecule has 0 unspecified atom stereocenters. The van der Waals surface area contributed by atoms with Crippen LogP contribution < -0.4 is 9.64 Å². The summed E-state index contributed by atoms with van der Waals surface area (Å²) in [6, 6.07) is 13.8. The Hall–Kier alpha value is -3.43. The maximum absolute atomic E-state index is 12.5. The van der Waals surface area contributed by atoms with E-state index in [1.54, 1.807) is 25.2 Å². The Morgan fingerprint density at radius 2 is 1.70 bits per heavy atom. The van der Waals surface area contributed by atoms with Gasteiger partial charge < -0.3 is 19.8 Å². The highest BCUT2D eigenvalue weighted by Crippen LogP contribution is 2.37. The van der Waals surface area contributed by atoms with Crippen LogP contribution in [-0.4, -0.2) is 41.9 Å². The molecule has 0 aliphatic carbocycles. The van der Waals surface area contributed by atoms with Gasteiger partial charge in [-0.3, -0.25) is 4.79 Å². The third-order valence-corrected chi connectivity index (χ3v) is 6.29. The number of carbonyl (C=O) groups excluding carboxylic acids is 1. The maximum Gasteiger partial charge on any atom is 0.389 e. The van der Waals surface area contributed by atoms with Crippen LogP contribution >= 0.6 is 23.2 Å². The van der Waals surface area contributed by atoms with Crippen LogP contribution in [0.5, 0.6) is 11.5 Å². The first-order valence-corrected chi connectivity index (χ1v) is 11.6. The number of benzene rings is 3.